The molecule has 4 heterocycles. The van der Waals surface area contributed by atoms with Crippen LogP contribution >= 0.6 is 11.8 Å². The van der Waals surface area contributed by atoms with E-state index in [4.69, 9.17) is 13.6 Å². The van der Waals surface area contributed by atoms with Crippen molar-refractivity contribution in [3.05, 3.63) is 42.2 Å². The lowest BCUT2D eigenvalue weighted by Gasteiger charge is -2.14. The van der Waals surface area contributed by atoms with E-state index in [0.29, 0.717) is 18.2 Å². The SMILES string of the molecule is Cc1occc1-c1nnc(SCC(=O)NCc2ccco2)n1C[C@@H]1CCCO1. The van der Waals surface area contributed by atoms with Gasteiger partial charge in [0.25, 0.3) is 0 Å². The second-order valence-electron chi connectivity index (χ2n) is 6.59. The Morgan fingerprint density at radius 2 is 2.25 bits per heavy atom. The summed E-state index contributed by atoms with van der Waals surface area (Å²) < 4.78 is 18.5. The second kappa shape index (κ2) is 8.66. The molecular weight excluding hydrogens is 380 g/mol. The number of hydrogen-bond acceptors (Lipinski definition) is 7. The average molecular weight is 402 g/mol. The zero-order valence-electron chi connectivity index (χ0n) is 15.6. The number of hydrogen-bond donors (Lipinski definition) is 1. The van der Waals surface area contributed by atoms with Crippen LogP contribution in [0.1, 0.15) is 24.4 Å². The average Bonchev–Trinajstić information content (AvgIpc) is 3.48. The van der Waals surface area contributed by atoms with E-state index in [1.165, 1.54) is 11.8 Å². The van der Waals surface area contributed by atoms with Gasteiger partial charge in [-0.1, -0.05) is 11.8 Å². The predicted molar refractivity (Wildman–Crippen MR) is 103 cm³/mol. The van der Waals surface area contributed by atoms with Crippen molar-refractivity contribution in [1.29, 1.82) is 0 Å². The Kier molecular flexibility index (Phi) is 5.82. The number of carbonyl (C=O) groups is 1. The van der Waals surface area contributed by atoms with Gasteiger partial charge in [-0.3, -0.25) is 9.36 Å². The van der Waals surface area contributed by atoms with Crippen molar-refractivity contribution in [3.8, 4) is 11.4 Å². The van der Waals surface area contributed by atoms with Crippen molar-refractivity contribution < 1.29 is 18.4 Å². The lowest BCUT2D eigenvalue weighted by atomic mass is 10.2. The number of thioether (sulfide) groups is 1. The van der Waals surface area contributed by atoms with E-state index >= 15 is 0 Å². The third-order valence-electron chi connectivity index (χ3n) is 4.60. The number of carbonyl (C=O) groups excluding carboxylic acids is 1. The number of rotatable bonds is 8. The Bertz CT molecular complexity index is 912. The van der Waals surface area contributed by atoms with Crippen LogP contribution in [0.15, 0.2) is 44.7 Å². The molecule has 0 aromatic carbocycles. The number of furan rings is 2. The van der Waals surface area contributed by atoms with Crippen LogP contribution in [0.4, 0.5) is 0 Å². The fraction of sp³-hybridized carbons (Fsp3) is 0.421. The Hall–Kier alpha value is -2.52. The smallest absolute Gasteiger partial charge is 0.230 e. The molecule has 1 N–H and O–H groups in total. The van der Waals surface area contributed by atoms with Crippen molar-refractivity contribution in [2.45, 2.75) is 44.1 Å². The van der Waals surface area contributed by atoms with E-state index in [-0.39, 0.29) is 17.8 Å². The topological polar surface area (TPSA) is 95.3 Å². The summed E-state index contributed by atoms with van der Waals surface area (Å²) in [6, 6.07) is 5.50. The minimum Gasteiger partial charge on any atom is -0.469 e. The molecule has 1 amide bonds. The van der Waals surface area contributed by atoms with Crippen LogP contribution in [-0.2, 0) is 22.6 Å². The summed E-state index contributed by atoms with van der Waals surface area (Å²) in [5, 5.41) is 12.2. The predicted octanol–water partition coefficient (Wildman–Crippen LogP) is 3.03. The van der Waals surface area contributed by atoms with E-state index in [1.807, 2.05) is 23.6 Å². The van der Waals surface area contributed by atoms with Crippen LogP contribution in [0.2, 0.25) is 0 Å². The largest absolute Gasteiger partial charge is 0.469 e. The van der Waals surface area contributed by atoms with Crippen molar-refractivity contribution in [2.24, 2.45) is 0 Å². The molecule has 3 aromatic heterocycles. The molecule has 0 saturated carbocycles. The van der Waals surface area contributed by atoms with Gasteiger partial charge >= 0.3 is 0 Å². The summed E-state index contributed by atoms with van der Waals surface area (Å²) in [4.78, 5) is 12.2. The Morgan fingerprint density at radius 1 is 1.32 bits per heavy atom. The van der Waals surface area contributed by atoms with Crippen LogP contribution in [0.5, 0.6) is 0 Å². The molecular formula is C19H22N4O4S. The summed E-state index contributed by atoms with van der Waals surface area (Å²) in [7, 11) is 0. The number of aryl methyl sites for hydroxylation is 1. The highest BCUT2D eigenvalue weighted by atomic mass is 32.2. The number of nitrogens with zero attached hydrogens (tertiary/aromatic N) is 3. The van der Waals surface area contributed by atoms with Crippen LogP contribution < -0.4 is 5.32 Å². The Morgan fingerprint density at radius 3 is 2.96 bits per heavy atom. The standard InChI is InChI=1S/C19H22N4O4S/c1-13-16(6-9-25-13)18-21-22-19(23(18)11-15-5-3-8-27-15)28-12-17(24)20-10-14-4-2-7-26-14/h2,4,6-7,9,15H,3,5,8,10-12H2,1H3,(H,20,24)/t15-/m0/s1. The van der Waals surface area contributed by atoms with E-state index in [1.54, 1.807) is 18.6 Å². The monoisotopic (exact) mass is 402 g/mol. The molecule has 0 spiro atoms. The van der Waals surface area contributed by atoms with Crippen molar-refractivity contribution >= 4 is 17.7 Å². The zero-order valence-corrected chi connectivity index (χ0v) is 16.4. The van der Waals surface area contributed by atoms with Gasteiger partial charge in [0.15, 0.2) is 11.0 Å². The zero-order chi connectivity index (χ0) is 19.3. The highest BCUT2D eigenvalue weighted by Gasteiger charge is 2.23. The second-order valence-corrected chi connectivity index (χ2v) is 7.53. The maximum absolute atomic E-state index is 12.2. The maximum atomic E-state index is 12.2. The van der Waals surface area contributed by atoms with Gasteiger partial charge in [-0.2, -0.15) is 0 Å². The van der Waals surface area contributed by atoms with Gasteiger partial charge in [0.2, 0.25) is 5.91 Å². The molecule has 9 heteroatoms. The lowest BCUT2D eigenvalue weighted by molar-refractivity contribution is -0.118. The molecule has 0 bridgehead atoms. The van der Waals surface area contributed by atoms with Crippen LogP contribution in [0, 0.1) is 6.92 Å². The normalized spacial score (nSPS) is 16.5. The van der Waals surface area contributed by atoms with Gasteiger partial charge in [-0.25, -0.2) is 0 Å². The number of amides is 1. The third-order valence-corrected chi connectivity index (χ3v) is 5.57. The van der Waals surface area contributed by atoms with Crippen LogP contribution in [-0.4, -0.2) is 39.1 Å². The van der Waals surface area contributed by atoms with Gasteiger partial charge < -0.3 is 18.9 Å². The van der Waals surface area contributed by atoms with E-state index in [9.17, 15) is 4.79 Å². The van der Waals surface area contributed by atoms with Crippen molar-refractivity contribution in [3.63, 3.8) is 0 Å². The molecule has 1 aliphatic heterocycles. The molecule has 1 atom stereocenters. The first-order valence-corrected chi connectivity index (χ1v) is 10.2. The van der Waals surface area contributed by atoms with E-state index in [0.717, 1.165) is 42.4 Å². The third kappa shape index (κ3) is 4.31. The Labute approximate surface area is 166 Å². The first-order valence-electron chi connectivity index (χ1n) is 9.22. The van der Waals surface area contributed by atoms with Gasteiger partial charge in [-0.15, -0.1) is 10.2 Å². The molecule has 0 unspecified atom stereocenters. The Balaban J connectivity index is 1.45. The van der Waals surface area contributed by atoms with Crippen LogP contribution in [0.3, 0.4) is 0 Å². The molecule has 28 heavy (non-hydrogen) atoms. The van der Waals surface area contributed by atoms with Gasteiger partial charge in [0.05, 0.1) is 43.0 Å². The van der Waals surface area contributed by atoms with Crippen LogP contribution in [0.25, 0.3) is 11.4 Å². The summed E-state index contributed by atoms with van der Waals surface area (Å²) in [5.74, 6) is 2.40. The molecule has 148 valence electrons. The summed E-state index contributed by atoms with van der Waals surface area (Å²) in [5.41, 5.74) is 0.902. The molecule has 8 nitrogen and oxygen atoms in total. The summed E-state index contributed by atoms with van der Waals surface area (Å²) in [6.45, 7) is 3.71. The maximum Gasteiger partial charge on any atom is 0.230 e. The van der Waals surface area contributed by atoms with Gasteiger partial charge in [0, 0.05) is 6.61 Å². The first kappa shape index (κ1) is 18.8. The fourth-order valence-electron chi connectivity index (χ4n) is 3.15. The van der Waals surface area contributed by atoms with Gasteiger partial charge in [-0.05, 0) is 38.0 Å². The van der Waals surface area contributed by atoms with Crippen molar-refractivity contribution in [1.82, 2.24) is 20.1 Å². The molecule has 1 fully saturated rings. The first-order chi connectivity index (χ1) is 13.7. The minimum atomic E-state index is -0.0888. The summed E-state index contributed by atoms with van der Waals surface area (Å²) in [6.07, 6.45) is 5.43. The molecule has 1 aliphatic rings. The lowest BCUT2D eigenvalue weighted by Crippen LogP contribution is -2.24. The van der Waals surface area contributed by atoms with Crippen molar-refractivity contribution in [2.75, 3.05) is 12.4 Å². The molecule has 4 rings (SSSR count). The van der Waals surface area contributed by atoms with E-state index < -0.39 is 0 Å². The van der Waals surface area contributed by atoms with E-state index in [2.05, 4.69) is 15.5 Å². The number of aromatic nitrogens is 3. The highest BCUT2D eigenvalue weighted by Crippen LogP contribution is 2.28. The van der Waals surface area contributed by atoms with Gasteiger partial charge in [0.1, 0.15) is 11.5 Å². The minimum absolute atomic E-state index is 0.0888. The molecule has 0 radical (unpaired) electrons. The quantitative estimate of drug-likeness (QED) is 0.579. The summed E-state index contributed by atoms with van der Waals surface area (Å²) >= 11 is 1.36. The molecule has 1 saturated heterocycles. The number of ether oxygens (including phenoxy) is 1. The molecule has 3 aromatic rings. The fourth-order valence-corrected chi connectivity index (χ4v) is 3.93. The number of nitrogens with one attached hydrogen (secondary N) is 1. The highest BCUT2D eigenvalue weighted by molar-refractivity contribution is 7.99. The molecule has 0 aliphatic carbocycles.